The molecule has 0 unspecified atom stereocenters. The Balaban J connectivity index is 1.18. The Morgan fingerprint density at radius 1 is 0.523 bits per heavy atom. The van der Waals surface area contributed by atoms with Gasteiger partial charge in [-0.15, -0.1) is 0 Å². The van der Waals surface area contributed by atoms with Crippen LogP contribution in [0, 0.1) is 6.92 Å². The molecule has 0 saturated carbocycles. The second-order valence-electron chi connectivity index (χ2n) is 10.4. The number of ether oxygens (including phenoxy) is 2. The van der Waals surface area contributed by atoms with Gasteiger partial charge in [0.1, 0.15) is 17.2 Å². The van der Waals surface area contributed by atoms with Gasteiger partial charge in [-0.1, -0.05) is 48.0 Å². The minimum absolute atomic E-state index is 0.00791. The van der Waals surface area contributed by atoms with Crippen LogP contribution in [0.5, 0.6) is 17.2 Å². The van der Waals surface area contributed by atoms with Crippen molar-refractivity contribution in [2.45, 2.75) is 6.92 Å². The predicted octanol–water partition coefficient (Wildman–Crippen LogP) is 10.2. The molecule has 0 saturated heterocycles. The number of carbonyl (C=O) groups excluding carboxylic acids is 1. The van der Waals surface area contributed by atoms with E-state index >= 15 is 0 Å². The molecule has 1 N–H and O–H groups in total. The molecule has 0 radical (unpaired) electrons. The van der Waals surface area contributed by atoms with Crippen molar-refractivity contribution in [2.75, 3.05) is 17.3 Å². The number of methoxy groups -OCH3 is 1. The van der Waals surface area contributed by atoms with Gasteiger partial charge >= 0.3 is 0 Å². The maximum Gasteiger partial charge on any atom is 0.193 e. The molecule has 0 fully saturated rings. The quantitative estimate of drug-likeness (QED) is 0.164. The van der Waals surface area contributed by atoms with Gasteiger partial charge in [0.15, 0.2) is 5.78 Å². The summed E-state index contributed by atoms with van der Waals surface area (Å²) in [4.78, 5) is 15.0. The minimum Gasteiger partial charge on any atom is -0.497 e. The Kier molecular flexibility index (Phi) is 8.37. The van der Waals surface area contributed by atoms with Crippen LogP contribution in [-0.2, 0) is 0 Å². The Labute approximate surface area is 258 Å². The lowest BCUT2D eigenvalue weighted by molar-refractivity contribution is 0.103. The molecule has 6 aromatic carbocycles. The molecule has 216 valence electrons. The van der Waals surface area contributed by atoms with Crippen molar-refractivity contribution in [2.24, 2.45) is 0 Å². The molecule has 6 rings (SSSR count). The van der Waals surface area contributed by atoms with E-state index in [1.807, 2.05) is 110 Å². The molecular formula is C39H32N2O3. The van der Waals surface area contributed by atoms with Crippen LogP contribution in [0.15, 0.2) is 152 Å². The second kappa shape index (κ2) is 13.0. The summed E-state index contributed by atoms with van der Waals surface area (Å²) >= 11 is 0. The van der Waals surface area contributed by atoms with E-state index in [1.54, 1.807) is 19.2 Å². The van der Waals surface area contributed by atoms with Crippen molar-refractivity contribution in [3.63, 3.8) is 0 Å². The minimum atomic E-state index is -0.00791. The molecule has 0 atom stereocenters. The highest BCUT2D eigenvalue weighted by Crippen LogP contribution is 2.36. The van der Waals surface area contributed by atoms with Gasteiger partial charge < -0.3 is 19.7 Å². The van der Waals surface area contributed by atoms with Gasteiger partial charge in [0.2, 0.25) is 0 Å². The topological polar surface area (TPSA) is 50.8 Å². The molecule has 0 aliphatic rings. The van der Waals surface area contributed by atoms with Gasteiger partial charge in [-0.05, 0) is 116 Å². The van der Waals surface area contributed by atoms with Gasteiger partial charge in [0.25, 0.3) is 0 Å². The van der Waals surface area contributed by atoms with Gasteiger partial charge in [-0.2, -0.15) is 0 Å². The molecule has 0 spiro atoms. The van der Waals surface area contributed by atoms with E-state index in [2.05, 4.69) is 46.6 Å². The predicted molar refractivity (Wildman–Crippen MR) is 179 cm³/mol. The zero-order chi connectivity index (χ0) is 30.3. The largest absolute Gasteiger partial charge is 0.497 e. The first-order valence-corrected chi connectivity index (χ1v) is 14.4. The Morgan fingerprint density at radius 2 is 0.955 bits per heavy atom. The summed E-state index contributed by atoms with van der Waals surface area (Å²) in [6, 6.07) is 49.3. The van der Waals surface area contributed by atoms with E-state index in [-0.39, 0.29) is 5.78 Å². The number of hydrogen-bond donors (Lipinski definition) is 1. The maximum absolute atomic E-state index is 12.8. The van der Waals surface area contributed by atoms with Crippen molar-refractivity contribution in [1.82, 2.24) is 0 Å². The lowest BCUT2D eigenvalue weighted by Gasteiger charge is -2.26. The number of nitrogens with one attached hydrogen (secondary N) is 1. The summed E-state index contributed by atoms with van der Waals surface area (Å²) in [6.07, 6.45) is 0. The average molecular weight is 577 g/mol. The smallest absolute Gasteiger partial charge is 0.193 e. The van der Waals surface area contributed by atoms with E-state index in [0.717, 1.165) is 39.7 Å². The first-order chi connectivity index (χ1) is 21.6. The number of ketones is 1. The van der Waals surface area contributed by atoms with Crippen LogP contribution in [0.1, 0.15) is 21.5 Å². The molecule has 44 heavy (non-hydrogen) atoms. The number of hydrogen-bond acceptors (Lipinski definition) is 5. The molecule has 0 amide bonds. The monoisotopic (exact) mass is 576 g/mol. The molecule has 0 aliphatic carbocycles. The molecule has 0 aromatic heterocycles. The van der Waals surface area contributed by atoms with E-state index in [1.165, 1.54) is 0 Å². The van der Waals surface area contributed by atoms with Crippen molar-refractivity contribution < 1.29 is 14.3 Å². The number of nitrogens with zero attached hydrogens (tertiary/aromatic N) is 1. The second-order valence-corrected chi connectivity index (χ2v) is 10.4. The number of para-hydroxylation sites is 1. The average Bonchev–Trinajstić information content (AvgIpc) is 3.08. The van der Waals surface area contributed by atoms with Gasteiger partial charge in [-0.25, -0.2) is 0 Å². The fourth-order valence-electron chi connectivity index (χ4n) is 4.90. The first-order valence-electron chi connectivity index (χ1n) is 14.4. The van der Waals surface area contributed by atoms with E-state index in [4.69, 9.17) is 9.47 Å². The van der Waals surface area contributed by atoms with Crippen LogP contribution in [-0.4, -0.2) is 12.9 Å². The highest BCUT2D eigenvalue weighted by Gasteiger charge is 2.13. The number of benzene rings is 6. The third kappa shape index (κ3) is 6.63. The van der Waals surface area contributed by atoms with Gasteiger partial charge in [0.05, 0.1) is 7.11 Å². The molecular weight excluding hydrogens is 544 g/mol. The zero-order valence-corrected chi connectivity index (χ0v) is 24.6. The summed E-state index contributed by atoms with van der Waals surface area (Å²) < 4.78 is 11.4. The lowest BCUT2D eigenvalue weighted by Crippen LogP contribution is -2.09. The maximum atomic E-state index is 12.8. The van der Waals surface area contributed by atoms with E-state index in [0.29, 0.717) is 22.6 Å². The van der Waals surface area contributed by atoms with Gasteiger partial charge in [0, 0.05) is 39.6 Å². The van der Waals surface area contributed by atoms with Crippen LogP contribution in [0.25, 0.3) is 0 Å². The number of carbonyl (C=O) groups is 1. The van der Waals surface area contributed by atoms with Crippen molar-refractivity contribution in [1.29, 1.82) is 0 Å². The molecule has 5 heteroatoms. The number of anilines is 5. The standard InChI is InChI=1S/C39H32N2O3/c1-28-8-10-29(11-9-28)39(42)30-12-22-37(23-13-30)44-38-26-20-35(21-27-38)41(33-6-4-3-5-7-33)34-18-14-31(15-19-34)40-32-16-24-36(43-2)25-17-32/h3-27,40H,1-2H3. The molecule has 6 aromatic rings. The highest BCUT2D eigenvalue weighted by molar-refractivity contribution is 6.09. The van der Waals surface area contributed by atoms with Crippen LogP contribution in [0.3, 0.4) is 0 Å². The lowest BCUT2D eigenvalue weighted by atomic mass is 10.0. The van der Waals surface area contributed by atoms with Crippen LogP contribution >= 0.6 is 0 Å². The summed E-state index contributed by atoms with van der Waals surface area (Å²) in [7, 11) is 1.66. The normalized spacial score (nSPS) is 10.6. The van der Waals surface area contributed by atoms with Crippen LogP contribution in [0.2, 0.25) is 0 Å². The third-order valence-electron chi connectivity index (χ3n) is 7.28. The summed E-state index contributed by atoms with van der Waals surface area (Å²) in [5, 5.41) is 3.44. The van der Waals surface area contributed by atoms with Crippen LogP contribution < -0.4 is 19.7 Å². The summed E-state index contributed by atoms with van der Waals surface area (Å²) in [5.74, 6) is 2.19. The zero-order valence-electron chi connectivity index (χ0n) is 24.6. The van der Waals surface area contributed by atoms with E-state index < -0.39 is 0 Å². The summed E-state index contributed by atoms with van der Waals surface area (Å²) in [6.45, 7) is 2.01. The highest BCUT2D eigenvalue weighted by atomic mass is 16.5. The fourth-order valence-corrected chi connectivity index (χ4v) is 4.90. The molecule has 0 heterocycles. The SMILES string of the molecule is COc1ccc(Nc2ccc(N(c3ccccc3)c3ccc(Oc4ccc(C(=O)c5ccc(C)cc5)cc4)cc3)cc2)cc1. The molecule has 0 bridgehead atoms. The molecule has 5 nitrogen and oxygen atoms in total. The fraction of sp³-hybridized carbons (Fsp3) is 0.0513. The Morgan fingerprint density at radius 3 is 1.50 bits per heavy atom. The van der Waals surface area contributed by atoms with Crippen molar-refractivity contribution >= 4 is 34.2 Å². The van der Waals surface area contributed by atoms with Gasteiger partial charge in [-0.3, -0.25) is 4.79 Å². The number of aryl methyl sites for hydroxylation is 1. The number of rotatable bonds is 10. The van der Waals surface area contributed by atoms with Crippen molar-refractivity contribution in [3.8, 4) is 17.2 Å². The Hall–Kier alpha value is -5.81. The van der Waals surface area contributed by atoms with E-state index in [9.17, 15) is 4.79 Å². The Bertz CT molecular complexity index is 1820. The third-order valence-corrected chi connectivity index (χ3v) is 7.28. The summed E-state index contributed by atoms with van der Waals surface area (Å²) in [5.41, 5.74) is 7.47. The first kappa shape index (κ1) is 28.3. The van der Waals surface area contributed by atoms with Crippen molar-refractivity contribution in [3.05, 3.63) is 168 Å². The molecule has 0 aliphatic heterocycles. The van der Waals surface area contributed by atoms with Crippen LogP contribution in [0.4, 0.5) is 28.4 Å².